The molecular weight excluding hydrogens is 364 g/mol. The third-order valence-corrected chi connectivity index (χ3v) is 4.63. The van der Waals surface area contributed by atoms with E-state index in [0.29, 0.717) is 22.7 Å². The Morgan fingerprint density at radius 1 is 0.964 bits per heavy atom. The lowest BCUT2D eigenvalue weighted by Gasteiger charge is -2.08. The summed E-state index contributed by atoms with van der Waals surface area (Å²) in [7, 11) is 3.32. The van der Waals surface area contributed by atoms with Gasteiger partial charge in [-0.2, -0.15) is 0 Å². The molecule has 0 unspecified atom stereocenters. The zero-order valence-corrected chi connectivity index (χ0v) is 15.3. The Morgan fingerprint density at radius 2 is 1.71 bits per heavy atom. The second-order valence-corrected chi connectivity index (χ2v) is 6.43. The first kappa shape index (κ1) is 17.7. The Morgan fingerprint density at radius 3 is 2.54 bits per heavy atom. The number of amides is 2. The molecule has 9 heteroatoms. The minimum Gasteiger partial charge on any atom is -0.454 e. The summed E-state index contributed by atoms with van der Waals surface area (Å²) in [6.45, 7) is 0.347. The number of carbonyl (C=O) groups is 2. The van der Waals surface area contributed by atoms with Gasteiger partial charge in [-0.15, -0.1) is 0 Å². The summed E-state index contributed by atoms with van der Waals surface area (Å²) < 4.78 is 13.5. The van der Waals surface area contributed by atoms with Gasteiger partial charge in [-0.3, -0.25) is 18.7 Å². The first-order chi connectivity index (χ1) is 13.4. The number of rotatable bonds is 3. The highest BCUT2D eigenvalue weighted by Gasteiger charge is 2.17. The van der Waals surface area contributed by atoms with Gasteiger partial charge in [-0.25, -0.2) is 4.79 Å². The second kappa shape index (κ2) is 6.76. The average Bonchev–Trinajstić information content (AvgIpc) is 3.25. The highest BCUT2D eigenvalue weighted by molar-refractivity contribution is 6.39. The molecule has 0 saturated heterocycles. The molecule has 0 fully saturated rings. The van der Waals surface area contributed by atoms with Crippen LogP contribution >= 0.6 is 0 Å². The summed E-state index contributed by atoms with van der Waals surface area (Å²) in [4.78, 5) is 36.3. The highest BCUT2D eigenvalue weighted by atomic mass is 16.7. The van der Waals surface area contributed by atoms with Crippen molar-refractivity contribution >= 4 is 28.5 Å². The van der Waals surface area contributed by atoms with Crippen molar-refractivity contribution in [3.63, 3.8) is 0 Å². The fraction of sp³-hybridized carbons (Fsp3) is 0.211. The van der Waals surface area contributed by atoms with Crippen LogP contribution in [0.1, 0.15) is 5.56 Å². The molecule has 28 heavy (non-hydrogen) atoms. The van der Waals surface area contributed by atoms with Crippen molar-refractivity contribution in [3.8, 4) is 11.5 Å². The number of aryl methyl sites for hydroxylation is 2. The van der Waals surface area contributed by atoms with Crippen molar-refractivity contribution in [1.29, 1.82) is 0 Å². The summed E-state index contributed by atoms with van der Waals surface area (Å²) in [6.07, 6.45) is 0. The number of anilines is 1. The Hall–Kier alpha value is -3.75. The monoisotopic (exact) mass is 382 g/mol. The quantitative estimate of drug-likeness (QED) is 0.654. The maximum Gasteiger partial charge on any atom is 0.328 e. The van der Waals surface area contributed by atoms with E-state index in [9.17, 15) is 14.4 Å². The molecule has 144 valence electrons. The number of aromatic nitrogens is 2. The minimum atomic E-state index is -0.791. The molecule has 3 aromatic rings. The molecule has 1 aliphatic rings. The van der Waals surface area contributed by atoms with Crippen LogP contribution in [0.25, 0.3) is 11.0 Å². The predicted molar refractivity (Wildman–Crippen MR) is 101 cm³/mol. The molecule has 9 nitrogen and oxygen atoms in total. The van der Waals surface area contributed by atoms with E-state index in [0.717, 1.165) is 11.1 Å². The van der Waals surface area contributed by atoms with Crippen molar-refractivity contribution in [2.45, 2.75) is 6.54 Å². The normalized spacial score (nSPS) is 12.2. The number of carbonyl (C=O) groups excluding carboxylic acids is 2. The van der Waals surface area contributed by atoms with E-state index in [2.05, 4.69) is 10.6 Å². The first-order valence-electron chi connectivity index (χ1n) is 8.57. The molecular formula is C19H18N4O5. The van der Waals surface area contributed by atoms with Crippen LogP contribution in [-0.2, 0) is 30.2 Å². The number of nitrogens with zero attached hydrogens (tertiary/aromatic N) is 2. The topological polar surface area (TPSA) is 104 Å². The molecule has 1 aliphatic heterocycles. The Labute approximate surface area is 159 Å². The number of hydrogen-bond donors (Lipinski definition) is 2. The average molecular weight is 382 g/mol. The third kappa shape index (κ3) is 3.07. The fourth-order valence-corrected chi connectivity index (χ4v) is 3.09. The smallest absolute Gasteiger partial charge is 0.328 e. The van der Waals surface area contributed by atoms with E-state index in [1.165, 1.54) is 9.13 Å². The maximum absolute atomic E-state index is 12.2. The van der Waals surface area contributed by atoms with Crippen LogP contribution in [0.3, 0.4) is 0 Å². The molecule has 0 radical (unpaired) electrons. The number of hydrogen-bond acceptors (Lipinski definition) is 5. The van der Waals surface area contributed by atoms with Crippen LogP contribution in [0.4, 0.5) is 5.69 Å². The summed E-state index contributed by atoms with van der Waals surface area (Å²) in [5.41, 5.74) is 2.44. The van der Waals surface area contributed by atoms with E-state index in [1.54, 1.807) is 50.5 Å². The largest absolute Gasteiger partial charge is 0.454 e. The van der Waals surface area contributed by atoms with Gasteiger partial charge in [-0.05, 0) is 35.9 Å². The lowest BCUT2D eigenvalue weighted by atomic mass is 10.2. The van der Waals surface area contributed by atoms with Crippen LogP contribution in [0.5, 0.6) is 11.5 Å². The summed E-state index contributed by atoms with van der Waals surface area (Å²) >= 11 is 0. The molecule has 2 amide bonds. The summed E-state index contributed by atoms with van der Waals surface area (Å²) in [6, 6.07) is 10.3. The molecule has 0 saturated carbocycles. The van der Waals surface area contributed by atoms with Gasteiger partial charge < -0.3 is 20.1 Å². The molecule has 2 aromatic carbocycles. The van der Waals surface area contributed by atoms with Crippen LogP contribution in [0, 0.1) is 0 Å². The van der Waals surface area contributed by atoms with Gasteiger partial charge in [0.25, 0.3) is 0 Å². The number of imidazole rings is 1. The van der Waals surface area contributed by atoms with E-state index in [1.807, 2.05) is 0 Å². The van der Waals surface area contributed by atoms with Gasteiger partial charge in [0.2, 0.25) is 6.79 Å². The first-order valence-corrected chi connectivity index (χ1v) is 8.57. The molecule has 4 rings (SSSR count). The highest BCUT2D eigenvalue weighted by Crippen LogP contribution is 2.32. The van der Waals surface area contributed by atoms with Crippen molar-refractivity contribution < 1.29 is 19.1 Å². The number of fused-ring (bicyclic) bond motifs is 2. The predicted octanol–water partition coefficient (Wildman–Crippen LogP) is 0.861. The number of ether oxygens (including phenoxy) is 2. The van der Waals surface area contributed by atoms with Gasteiger partial charge in [-0.1, -0.05) is 6.07 Å². The molecule has 0 bridgehead atoms. The standard InChI is InChI=1S/C19H18N4O5/c1-22-13-5-4-12(8-14(13)23(2)19(22)26)21-18(25)17(24)20-9-11-3-6-15-16(7-11)28-10-27-15/h3-8H,9-10H2,1-2H3,(H,20,24)(H,21,25). The minimum absolute atomic E-state index is 0.167. The molecule has 2 N–H and O–H groups in total. The SMILES string of the molecule is Cn1c(=O)n(C)c2cc(NC(=O)C(=O)NCc3ccc4c(c3)OCO4)ccc21. The van der Waals surface area contributed by atoms with Crippen molar-refractivity contribution in [2.24, 2.45) is 14.1 Å². The summed E-state index contributed by atoms with van der Waals surface area (Å²) in [5, 5.41) is 5.11. The van der Waals surface area contributed by atoms with Crippen LogP contribution in [0.15, 0.2) is 41.2 Å². The van der Waals surface area contributed by atoms with E-state index in [-0.39, 0.29) is 19.0 Å². The third-order valence-electron chi connectivity index (χ3n) is 4.63. The van der Waals surface area contributed by atoms with Crippen LogP contribution in [-0.4, -0.2) is 27.7 Å². The Balaban J connectivity index is 1.42. The molecule has 2 heterocycles. The van der Waals surface area contributed by atoms with Gasteiger partial charge in [0.15, 0.2) is 11.5 Å². The molecule has 1 aromatic heterocycles. The second-order valence-electron chi connectivity index (χ2n) is 6.43. The van der Waals surface area contributed by atoms with Gasteiger partial charge in [0.1, 0.15) is 0 Å². The molecule has 0 spiro atoms. The molecule has 0 aliphatic carbocycles. The van der Waals surface area contributed by atoms with E-state index >= 15 is 0 Å². The fourth-order valence-electron chi connectivity index (χ4n) is 3.09. The maximum atomic E-state index is 12.2. The number of benzene rings is 2. The van der Waals surface area contributed by atoms with Crippen LogP contribution < -0.4 is 25.8 Å². The zero-order chi connectivity index (χ0) is 19.8. The van der Waals surface area contributed by atoms with E-state index in [4.69, 9.17) is 9.47 Å². The lowest BCUT2D eigenvalue weighted by molar-refractivity contribution is -0.136. The van der Waals surface area contributed by atoms with Gasteiger partial charge in [0, 0.05) is 26.3 Å². The number of nitrogens with one attached hydrogen (secondary N) is 2. The summed E-state index contributed by atoms with van der Waals surface area (Å²) in [5.74, 6) is -0.294. The van der Waals surface area contributed by atoms with Crippen LogP contribution in [0.2, 0.25) is 0 Å². The van der Waals surface area contributed by atoms with Gasteiger partial charge in [0.05, 0.1) is 11.0 Å². The van der Waals surface area contributed by atoms with E-state index < -0.39 is 11.8 Å². The van der Waals surface area contributed by atoms with Gasteiger partial charge >= 0.3 is 17.5 Å². The lowest BCUT2D eigenvalue weighted by Crippen LogP contribution is -2.34. The Bertz CT molecular complexity index is 1160. The zero-order valence-electron chi connectivity index (χ0n) is 15.3. The Kier molecular flexibility index (Phi) is 4.26. The van der Waals surface area contributed by atoms with Crippen molar-refractivity contribution in [2.75, 3.05) is 12.1 Å². The van der Waals surface area contributed by atoms with Crippen molar-refractivity contribution in [3.05, 3.63) is 52.4 Å². The molecule has 0 atom stereocenters. The van der Waals surface area contributed by atoms with Crippen molar-refractivity contribution in [1.82, 2.24) is 14.5 Å².